The fraction of sp³-hybridized carbons (Fsp3) is 0.769. The molecule has 0 aliphatic heterocycles. The number of aromatic nitrogens is 2. The summed E-state index contributed by atoms with van der Waals surface area (Å²) in [6.07, 6.45) is 5.54. The van der Waals surface area contributed by atoms with Crippen LogP contribution < -0.4 is 10.1 Å². The minimum Gasteiger partial charge on any atom is -0.493 e. The van der Waals surface area contributed by atoms with Crippen LogP contribution in [0.15, 0.2) is 6.20 Å². The number of hydrogen-bond acceptors (Lipinski definition) is 3. The zero-order chi connectivity index (χ0) is 12.3. The maximum atomic E-state index is 5.36. The number of ether oxygens (including phenoxy) is 1. The number of aryl methyl sites for hydroxylation is 1. The second kappa shape index (κ2) is 5.54. The number of methoxy groups -OCH3 is 1. The average Bonchev–Trinajstić information content (AvgIpc) is 3.08. The van der Waals surface area contributed by atoms with Gasteiger partial charge in [0.2, 0.25) is 0 Å². The minimum absolute atomic E-state index is 0.617. The van der Waals surface area contributed by atoms with Crippen molar-refractivity contribution in [2.24, 2.45) is 5.92 Å². The van der Waals surface area contributed by atoms with Crippen molar-refractivity contribution in [3.05, 3.63) is 11.9 Å². The number of rotatable bonds is 7. The highest BCUT2D eigenvalue weighted by Crippen LogP contribution is 2.22. The second-order valence-corrected chi connectivity index (χ2v) is 4.97. The lowest BCUT2D eigenvalue weighted by molar-refractivity contribution is 0.399. The standard InChI is InChI=1S/C13H23N3O/c1-4-16-12(13(17-3)9-15-16)7-10(2)8-14-11-5-6-11/h9-11,14H,4-8H2,1-3H3. The summed E-state index contributed by atoms with van der Waals surface area (Å²) in [5.74, 6) is 1.54. The van der Waals surface area contributed by atoms with Crippen molar-refractivity contribution in [3.63, 3.8) is 0 Å². The van der Waals surface area contributed by atoms with Crippen molar-refractivity contribution in [2.75, 3.05) is 13.7 Å². The van der Waals surface area contributed by atoms with Crippen LogP contribution in [0, 0.1) is 5.92 Å². The van der Waals surface area contributed by atoms with E-state index in [1.807, 2.05) is 10.9 Å². The Labute approximate surface area is 103 Å². The molecular weight excluding hydrogens is 214 g/mol. The number of nitrogens with one attached hydrogen (secondary N) is 1. The lowest BCUT2D eigenvalue weighted by Crippen LogP contribution is -2.25. The molecule has 0 saturated heterocycles. The third-order valence-electron chi connectivity index (χ3n) is 3.30. The molecule has 1 saturated carbocycles. The van der Waals surface area contributed by atoms with E-state index in [-0.39, 0.29) is 0 Å². The van der Waals surface area contributed by atoms with Crippen molar-refractivity contribution >= 4 is 0 Å². The van der Waals surface area contributed by atoms with Crippen LogP contribution in [0.1, 0.15) is 32.4 Å². The molecule has 1 aromatic rings. The van der Waals surface area contributed by atoms with Gasteiger partial charge >= 0.3 is 0 Å². The third kappa shape index (κ3) is 3.22. The molecule has 1 aliphatic carbocycles. The fourth-order valence-corrected chi connectivity index (χ4v) is 2.10. The maximum absolute atomic E-state index is 5.36. The smallest absolute Gasteiger partial charge is 0.159 e. The molecule has 1 atom stereocenters. The summed E-state index contributed by atoms with van der Waals surface area (Å²) in [4.78, 5) is 0. The predicted octanol–water partition coefficient (Wildman–Crippen LogP) is 1.84. The molecule has 4 nitrogen and oxygen atoms in total. The normalized spacial score (nSPS) is 17.1. The molecule has 1 heterocycles. The van der Waals surface area contributed by atoms with E-state index in [9.17, 15) is 0 Å². The molecule has 2 rings (SSSR count). The monoisotopic (exact) mass is 237 g/mol. The van der Waals surface area contributed by atoms with Gasteiger partial charge in [0.05, 0.1) is 19.0 Å². The highest BCUT2D eigenvalue weighted by atomic mass is 16.5. The largest absolute Gasteiger partial charge is 0.493 e. The van der Waals surface area contributed by atoms with Gasteiger partial charge in [-0.1, -0.05) is 6.92 Å². The molecule has 0 spiro atoms. The van der Waals surface area contributed by atoms with Gasteiger partial charge in [-0.25, -0.2) is 0 Å². The Morgan fingerprint density at radius 2 is 2.35 bits per heavy atom. The van der Waals surface area contributed by atoms with Crippen molar-refractivity contribution < 1.29 is 4.74 Å². The van der Waals surface area contributed by atoms with Crippen LogP contribution in [0.3, 0.4) is 0 Å². The quantitative estimate of drug-likeness (QED) is 0.786. The van der Waals surface area contributed by atoms with E-state index in [2.05, 4.69) is 24.3 Å². The molecule has 1 aliphatic rings. The van der Waals surface area contributed by atoms with E-state index < -0.39 is 0 Å². The zero-order valence-corrected chi connectivity index (χ0v) is 11.1. The van der Waals surface area contributed by atoms with Crippen LogP contribution in [0.4, 0.5) is 0 Å². The van der Waals surface area contributed by atoms with Gasteiger partial charge in [0.15, 0.2) is 5.75 Å². The molecule has 0 aromatic carbocycles. The fourth-order valence-electron chi connectivity index (χ4n) is 2.10. The zero-order valence-electron chi connectivity index (χ0n) is 11.1. The van der Waals surface area contributed by atoms with Crippen LogP contribution in [-0.2, 0) is 13.0 Å². The number of hydrogen-bond donors (Lipinski definition) is 1. The van der Waals surface area contributed by atoms with E-state index in [0.717, 1.165) is 31.3 Å². The summed E-state index contributed by atoms with van der Waals surface area (Å²) in [6, 6.07) is 0.787. The summed E-state index contributed by atoms with van der Waals surface area (Å²) >= 11 is 0. The molecule has 1 fully saturated rings. The Balaban J connectivity index is 1.92. The van der Waals surface area contributed by atoms with Gasteiger partial charge in [0, 0.05) is 12.6 Å². The molecule has 1 unspecified atom stereocenters. The lowest BCUT2D eigenvalue weighted by atomic mass is 10.1. The first-order chi connectivity index (χ1) is 8.24. The first-order valence-corrected chi connectivity index (χ1v) is 6.56. The maximum Gasteiger partial charge on any atom is 0.159 e. The molecule has 1 aromatic heterocycles. The average molecular weight is 237 g/mol. The predicted molar refractivity (Wildman–Crippen MR) is 68.3 cm³/mol. The molecule has 0 amide bonds. The molecule has 1 N–H and O–H groups in total. The molecule has 4 heteroatoms. The van der Waals surface area contributed by atoms with E-state index in [1.165, 1.54) is 18.5 Å². The summed E-state index contributed by atoms with van der Waals surface area (Å²) in [7, 11) is 1.72. The Hall–Kier alpha value is -1.03. The van der Waals surface area contributed by atoms with Crippen LogP contribution in [0.5, 0.6) is 5.75 Å². The first kappa shape index (κ1) is 12.4. The summed E-state index contributed by atoms with van der Waals surface area (Å²) in [6.45, 7) is 6.38. The topological polar surface area (TPSA) is 39.1 Å². The number of nitrogens with zero attached hydrogens (tertiary/aromatic N) is 2. The van der Waals surface area contributed by atoms with E-state index in [1.54, 1.807) is 7.11 Å². The molecule has 96 valence electrons. The Bertz CT molecular complexity index is 336. The molecule has 0 bridgehead atoms. The van der Waals surface area contributed by atoms with E-state index >= 15 is 0 Å². The Morgan fingerprint density at radius 1 is 1.59 bits per heavy atom. The Kier molecular flexibility index (Phi) is 4.05. The van der Waals surface area contributed by atoms with Crippen LogP contribution in [0.25, 0.3) is 0 Å². The van der Waals surface area contributed by atoms with Crippen molar-refractivity contribution in [2.45, 2.75) is 45.7 Å². The van der Waals surface area contributed by atoms with Crippen LogP contribution in [0.2, 0.25) is 0 Å². The van der Waals surface area contributed by atoms with Gasteiger partial charge in [-0.05, 0) is 38.6 Å². The van der Waals surface area contributed by atoms with Gasteiger partial charge in [-0.3, -0.25) is 4.68 Å². The van der Waals surface area contributed by atoms with Crippen LogP contribution >= 0.6 is 0 Å². The SMILES string of the molecule is CCn1ncc(OC)c1CC(C)CNC1CC1. The highest BCUT2D eigenvalue weighted by molar-refractivity contribution is 5.25. The molecule has 17 heavy (non-hydrogen) atoms. The van der Waals surface area contributed by atoms with Gasteiger partial charge in [0.25, 0.3) is 0 Å². The van der Waals surface area contributed by atoms with Gasteiger partial charge < -0.3 is 10.1 Å². The van der Waals surface area contributed by atoms with Crippen molar-refractivity contribution in [1.29, 1.82) is 0 Å². The molecule has 0 radical (unpaired) electrons. The van der Waals surface area contributed by atoms with Crippen LogP contribution in [-0.4, -0.2) is 29.5 Å². The van der Waals surface area contributed by atoms with E-state index in [4.69, 9.17) is 4.74 Å². The van der Waals surface area contributed by atoms with Gasteiger partial charge in [-0.2, -0.15) is 5.10 Å². The van der Waals surface area contributed by atoms with Crippen molar-refractivity contribution in [3.8, 4) is 5.75 Å². The minimum atomic E-state index is 0.617. The summed E-state index contributed by atoms with van der Waals surface area (Å²) in [5.41, 5.74) is 1.22. The van der Waals surface area contributed by atoms with E-state index in [0.29, 0.717) is 5.92 Å². The van der Waals surface area contributed by atoms with Gasteiger partial charge in [0.1, 0.15) is 0 Å². The highest BCUT2D eigenvalue weighted by Gasteiger charge is 2.21. The lowest BCUT2D eigenvalue weighted by Gasteiger charge is -2.14. The summed E-state index contributed by atoms with van der Waals surface area (Å²) in [5, 5.41) is 7.91. The summed E-state index contributed by atoms with van der Waals surface area (Å²) < 4.78 is 7.40. The van der Waals surface area contributed by atoms with Crippen molar-refractivity contribution in [1.82, 2.24) is 15.1 Å². The van der Waals surface area contributed by atoms with Gasteiger partial charge in [-0.15, -0.1) is 0 Å². The first-order valence-electron chi connectivity index (χ1n) is 6.56. The third-order valence-corrected chi connectivity index (χ3v) is 3.30. The second-order valence-electron chi connectivity index (χ2n) is 4.97. The Morgan fingerprint density at radius 3 is 2.94 bits per heavy atom. The molecular formula is C13H23N3O.